The summed E-state index contributed by atoms with van der Waals surface area (Å²) in [5.41, 5.74) is 2.07. The van der Waals surface area contributed by atoms with Gasteiger partial charge in [-0.1, -0.05) is 19.9 Å². The Morgan fingerprint density at radius 3 is 2.65 bits per heavy atom. The summed E-state index contributed by atoms with van der Waals surface area (Å²) < 4.78 is 7.75. The maximum Gasteiger partial charge on any atom is 0.146 e. The first-order valence-electron chi connectivity index (χ1n) is 7.18. The van der Waals surface area contributed by atoms with Gasteiger partial charge in [-0.25, -0.2) is 4.98 Å². The number of benzene rings is 1. The number of para-hydroxylation sites is 1. The van der Waals surface area contributed by atoms with Gasteiger partial charge in [0.2, 0.25) is 0 Å². The van der Waals surface area contributed by atoms with Gasteiger partial charge in [0.1, 0.15) is 17.1 Å². The van der Waals surface area contributed by atoms with E-state index in [1.54, 1.807) is 7.11 Å². The zero-order chi connectivity index (χ0) is 14.7. The number of rotatable bonds is 6. The van der Waals surface area contributed by atoms with E-state index < -0.39 is 0 Å². The molecule has 2 rings (SSSR count). The Bertz CT molecular complexity index is 577. The molecule has 1 heterocycles. The molecule has 1 aromatic carbocycles. The van der Waals surface area contributed by atoms with Gasteiger partial charge in [0.05, 0.1) is 12.6 Å². The van der Waals surface area contributed by atoms with Crippen LogP contribution in [0.3, 0.4) is 0 Å². The minimum atomic E-state index is 0.408. The molecule has 3 nitrogen and oxygen atoms in total. The molecule has 0 fully saturated rings. The second kappa shape index (κ2) is 6.49. The Kier molecular flexibility index (Phi) is 4.92. The van der Waals surface area contributed by atoms with Crippen LogP contribution in [0.4, 0.5) is 0 Å². The molecule has 2 aromatic rings. The molecule has 0 radical (unpaired) electrons. The summed E-state index contributed by atoms with van der Waals surface area (Å²) in [5, 5.41) is 0. The molecule has 0 spiro atoms. The number of nitrogens with zero attached hydrogens (tertiary/aromatic N) is 2. The maximum absolute atomic E-state index is 5.94. The van der Waals surface area contributed by atoms with Crippen molar-refractivity contribution < 1.29 is 4.74 Å². The van der Waals surface area contributed by atoms with Crippen molar-refractivity contribution in [2.75, 3.05) is 13.0 Å². The quantitative estimate of drug-likeness (QED) is 0.737. The number of aromatic nitrogens is 2. The average molecular weight is 295 g/mol. The number of hydrogen-bond acceptors (Lipinski definition) is 2. The van der Waals surface area contributed by atoms with Crippen LogP contribution in [0.15, 0.2) is 18.2 Å². The largest absolute Gasteiger partial charge is 0.494 e. The molecule has 0 saturated carbocycles. The van der Waals surface area contributed by atoms with Crippen molar-refractivity contribution in [2.24, 2.45) is 5.92 Å². The molecule has 4 heteroatoms. The third-order valence-corrected chi connectivity index (χ3v) is 3.74. The SMILES string of the molecule is COc1cccc2c1nc(CCCl)n2C(C)CC(C)C. The third kappa shape index (κ3) is 2.93. The van der Waals surface area contributed by atoms with Gasteiger partial charge in [-0.3, -0.25) is 0 Å². The van der Waals surface area contributed by atoms with Crippen molar-refractivity contribution in [3.05, 3.63) is 24.0 Å². The van der Waals surface area contributed by atoms with Gasteiger partial charge in [0.15, 0.2) is 0 Å². The monoisotopic (exact) mass is 294 g/mol. The van der Waals surface area contributed by atoms with Crippen molar-refractivity contribution in [1.82, 2.24) is 9.55 Å². The molecule has 1 atom stereocenters. The lowest BCUT2D eigenvalue weighted by Gasteiger charge is -2.19. The fourth-order valence-corrected chi connectivity index (χ4v) is 3.01. The molecule has 0 bridgehead atoms. The van der Waals surface area contributed by atoms with Crippen LogP contribution in [-0.2, 0) is 6.42 Å². The summed E-state index contributed by atoms with van der Waals surface area (Å²) in [6.45, 7) is 6.74. The van der Waals surface area contributed by atoms with E-state index in [1.165, 1.54) is 0 Å². The fourth-order valence-electron chi connectivity index (χ4n) is 2.84. The average Bonchev–Trinajstić information content (AvgIpc) is 2.76. The molecule has 0 aliphatic carbocycles. The second-order valence-corrected chi connectivity index (χ2v) is 6.02. The molecule has 0 N–H and O–H groups in total. The summed E-state index contributed by atoms with van der Waals surface area (Å²) in [4.78, 5) is 4.76. The van der Waals surface area contributed by atoms with E-state index in [-0.39, 0.29) is 0 Å². The molecule has 1 unspecified atom stereocenters. The number of hydrogen-bond donors (Lipinski definition) is 0. The van der Waals surface area contributed by atoms with E-state index in [9.17, 15) is 0 Å². The Morgan fingerprint density at radius 2 is 2.05 bits per heavy atom. The van der Waals surface area contributed by atoms with Gasteiger partial charge >= 0.3 is 0 Å². The van der Waals surface area contributed by atoms with Crippen molar-refractivity contribution in [2.45, 2.75) is 39.7 Å². The van der Waals surface area contributed by atoms with E-state index in [2.05, 4.69) is 31.4 Å². The number of imidazole rings is 1. The minimum absolute atomic E-state index is 0.408. The highest BCUT2D eigenvalue weighted by Crippen LogP contribution is 2.30. The fraction of sp³-hybridized carbons (Fsp3) is 0.562. The number of methoxy groups -OCH3 is 1. The summed E-state index contributed by atoms with van der Waals surface area (Å²) >= 11 is 5.94. The molecule has 20 heavy (non-hydrogen) atoms. The summed E-state index contributed by atoms with van der Waals surface area (Å²) in [6.07, 6.45) is 1.90. The van der Waals surface area contributed by atoms with E-state index in [0.717, 1.165) is 35.4 Å². The minimum Gasteiger partial charge on any atom is -0.494 e. The van der Waals surface area contributed by atoms with E-state index >= 15 is 0 Å². The van der Waals surface area contributed by atoms with Crippen molar-refractivity contribution in [3.63, 3.8) is 0 Å². The lowest BCUT2D eigenvalue weighted by molar-refractivity contribution is 0.418. The Labute approximate surface area is 125 Å². The molecule has 0 aliphatic heterocycles. The molecular formula is C16H23ClN2O. The molecule has 1 aromatic heterocycles. The van der Waals surface area contributed by atoms with Crippen LogP contribution >= 0.6 is 11.6 Å². The third-order valence-electron chi connectivity index (χ3n) is 3.55. The van der Waals surface area contributed by atoms with Crippen LogP contribution in [0.25, 0.3) is 11.0 Å². The van der Waals surface area contributed by atoms with Gasteiger partial charge < -0.3 is 9.30 Å². The summed E-state index contributed by atoms with van der Waals surface area (Å²) in [5.74, 6) is 3.11. The van der Waals surface area contributed by atoms with E-state index in [4.69, 9.17) is 21.3 Å². The van der Waals surface area contributed by atoms with Crippen LogP contribution < -0.4 is 4.74 Å². The van der Waals surface area contributed by atoms with Gasteiger partial charge in [0.25, 0.3) is 0 Å². The van der Waals surface area contributed by atoms with Gasteiger partial charge in [0, 0.05) is 18.3 Å². The van der Waals surface area contributed by atoms with Crippen LogP contribution in [0.5, 0.6) is 5.75 Å². The number of alkyl halides is 1. The Hall–Kier alpha value is -1.22. The highest BCUT2D eigenvalue weighted by atomic mass is 35.5. The van der Waals surface area contributed by atoms with E-state index in [0.29, 0.717) is 17.8 Å². The van der Waals surface area contributed by atoms with E-state index in [1.807, 2.05) is 12.1 Å². The van der Waals surface area contributed by atoms with Crippen molar-refractivity contribution in [1.29, 1.82) is 0 Å². The zero-order valence-electron chi connectivity index (χ0n) is 12.7. The lowest BCUT2D eigenvalue weighted by Crippen LogP contribution is -2.12. The first-order chi connectivity index (χ1) is 9.58. The highest BCUT2D eigenvalue weighted by molar-refractivity contribution is 6.17. The van der Waals surface area contributed by atoms with Crippen LogP contribution in [0, 0.1) is 5.92 Å². The predicted octanol–water partition coefficient (Wildman–Crippen LogP) is 4.43. The lowest BCUT2D eigenvalue weighted by atomic mass is 10.0. The number of aryl methyl sites for hydroxylation is 1. The number of ether oxygens (including phenoxy) is 1. The predicted molar refractivity (Wildman–Crippen MR) is 84.9 cm³/mol. The first-order valence-corrected chi connectivity index (χ1v) is 7.71. The first kappa shape index (κ1) is 15.2. The van der Waals surface area contributed by atoms with Gasteiger partial charge in [-0.2, -0.15) is 0 Å². The van der Waals surface area contributed by atoms with Crippen molar-refractivity contribution >= 4 is 22.6 Å². The normalized spacial score (nSPS) is 13.1. The molecule has 0 aliphatic rings. The van der Waals surface area contributed by atoms with Gasteiger partial charge in [-0.05, 0) is 31.4 Å². The second-order valence-electron chi connectivity index (χ2n) is 5.64. The van der Waals surface area contributed by atoms with Crippen LogP contribution in [-0.4, -0.2) is 22.5 Å². The number of halogens is 1. The zero-order valence-corrected chi connectivity index (χ0v) is 13.4. The number of fused-ring (bicyclic) bond motifs is 1. The molecular weight excluding hydrogens is 272 g/mol. The Balaban J connectivity index is 2.56. The topological polar surface area (TPSA) is 27.1 Å². The smallest absolute Gasteiger partial charge is 0.146 e. The highest BCUT2D eigenvalue weighted by Gasteiger charge is 2.18. The molecule has 0 saturated heterocycles. The van der Waals surface area contributed by atoms with Crippen molar-refractivity contribution in [3.8, 4) is 5.75 Å². The summed E-state index contributed by atoms with van der Waals surface area (Å²) in [6, 6.07) is 6.49. The summed E-state index contributed by atoms with van der Waals surface area (Å²) in [7, 11) is 1.69. The Morgan fingerprint density at radius 1 is 1.30 bits per heavy atom. The van der Waals surface area contributed by atoms with Gasteiger partial charge in [-0.15, -0.1) is 11.6 Å². The molecule has 110 valence electrons. The molecule has 0 amide bonds. The maximum atomic E-state index is 5.94. The van der Waals surface area contributed by atoms with Crippen LogP contribution in [0.2, 0.25) is 0 Å². The standard InChI is InChI=1S/C16H23ClN2O/c1-11(2)10-12(3)19-13-6-5-7-14(20-4)16(13)18-15(19)8-9-17/h5-7,11-12H,8-10H2,1-4H3. The van der Waals surface area contributed by atoms with Crippen LogP contribution in [0.1, 0.15) is 39.1 Å².